The Kier molecular flexibility index (Phi) is 16.2. The second kappa shape index (κ2) is 21.5. The molecule has 6 rings (SSSR count). The van der Waals surface area contributed by atoms with Crippen molar-refractivity contribution in [1.29, 1.82) is 0 Å². The summed E-state index contributed by atoms with van der Waals surface area (Å²) in [5.41, 5.74) is 7.60. The zero-order valence-electron chi connectivity index (χ0n) is 35.4. The van der Waals surface area contributed by atoms with E-state index in [4.69, 9.17) is 16.2 Å². The smallest absolute Gasteiger partial charge is 0.381 e. The lowest BCUT2D eigenvalue weighted by atomic mass is 9.85. The van der Waals surface area contributed by atoms with Gasteiger partial charge >= 0.3 is 13.3 Å². The average molecular weight is 908 g/mol. The van der Waals surface area contributed by atoms with E-state index in [9.17, 15) is 47.1 Å². The topological polar surface area (TPSA) is 250 Å². The number of rotatable bonds is 21. The molecule has 0 aliphatic carbocycles. The fourth-order valence-electron chi connectivity index (χ4n) is 8.54. The van der Waals surface area contributed by atoms with Crippen molar-refractivity contribution in [3.8, 4) is 0 Å². The first-order valence-corrected chi connectivity index (χ1v) is 23.1. The number of aromatic amines is 1. The zero-order valence-corrected chi connectivity index (χ0v) is 36.3. The van der Waals surface area contributed by atoms with Crippen LogP contribution in [0.5, 0.6) is 0 Å². The number of nitrogens with zero attached hydrogens (tertiary/aromatic N) is 2. The van der Waals surface area contributed by atoms with E-state index in [1.807, 2.05) is 65.6 Å². The first kappa shape index (κ1) is 48.1. The molecule has 3 aromatic carbocycles. The fraction of sp³-hybridized carbons (Fsp3) is 0.444. The third-order valence-corrected chi connectivity index (χ3v) is 12.9. The summed E-state index contributed by atoms with van der Waals surface area (Å²) in [6.45, 7) is 2.55. The SMILES string of the molecule is NCCCOCCCN1CC[C@H]2CC[C@@H](C(=O)N[C@@H](CCC(N)=O)C(=O)CC(c3ccccc3)c3ccccc3)N2C(=O)[C@@H](NC(=O)c2cc3cc(C(F)(F)P(=O)(O)O)ccc3[nH]2)C1. The molecular weight excluding hydrogens is 852 g/mol. The average Bonchev–Trinajstić information content (AvgIpc) is 3.91. The first-order valence-electron chi connectivity index (χ1n) is 21.5. The maximum absolute atomic E-state index is 14.7. The summed E-state index contributed by atoms with van der Waals surface area (Å²) in [5, 5.41) is 5.74. The van der Waals surface area contributed by atoms with Gasteiger partial charge in [-0.2, -0.15) is 8.78 Å². The third-order valence-electron chi connectivity index (χ3n) is 11.9. The number of ketones is 1. The molecule has 4 amide bonds. The molecule has 9 N–H and O–H groups in total. The molecule has 2 aliphatic heterocycles. The van der Waals surface area contributed by atoms with Crippen molar-refractivity contribution in [1.82, 2.24) is 25.4 Å². The second-order valence-corrected chi connectivity index (χ2v) is 18.0. The number of H-pyrrole nitrogens is 1. The molecule has 16 nitrogen and oxygen atoms in total. The molecule has 0 spiro atoms. The number of aromatic nitrogens is 1. The van der Waals surface area contributed by atoms with Crippen LogP contribution in [0.15, 0.2) is 84.9 Å². The predicted octanol–water partition coefficient (Wildman–Crippen LogP) is 3.86. The van der Waals surface area contributed by atoms with Crippen LogP contribution < -0.4 is 22.1 Å². The Balaban J connectivity index is 1.23. The number of carbonyl (C=O) groups is 5. The van der Waals surface area contributed by atoms with Crippen molar-refractivity contribution in [3.63, 3.8) is 0 Å². The Morgan fingerprint density at radius 1 is 0.938 bits per heavy atom. The minimum atomic E-state index is -5.86. The van der Waals surface area contributed by atoms with Gasteiger partial charge in [-0.3, -0.25) is 28.5 Å². The molecule has 3 heterocycles. The van der Waals surface area contributed by atoms with Crippen molar-refractivity contribution in [2.24, 2.45) is 11.5 Å². The van der Waals surface area contributed by atoms with Gasteiger partial charge < -0.3 is 51.4 Å². The number of Topliss-reactive ketones (excluding diaryl/α,β-unsaturated/α-hetero) is 1. The number of nitrogens with two attached hydrogens (primary N) is 2. The van der Waals surface area contributed by atoms with Gasteiger partial charge in [0.1, 0.15) is 17.8 Å². The molecule has 0 saturated carbocycles. The molecule has 344 valence electrons. The molecule has 1 aromatic heterocycles. The highest BCUT2D eigenvalue weighted by Gasteiger charge is 2.50. The number of benzene rings is 3. The molecule has 0 bridgehead atoms. The maximum Gasteiger partial charge on any atom is 0.399 e. The van der Waals surface area contributed by atoms with Gasteiger partial charge in [0.2, 0.25) is 17.7 Å². The van der Waals surface area contributed by atoms with Gasteiger partial charge in [0.05, 0.1) is 6.04 Å². The normalized spacial score (nSPS) is 18.9. The van der Waals surface area contributed by atoms with Crippen LogP contribution in [-0.4, -0.2) is 118 Å². The largest absolute Gasteiger partial charge is 0.399 e. The van der Waals surface area contributed by atoms with Gasteiger partial charge in [0.25, 0.3) is 5.91 Å². The molecule has 4 aromatic rings. The van der Waals surface area contributed by atoms with Gasteiger partial charge in [-0.25, -0.2) is 0 Å². The van der Waals surface area contributed by atoms with E-state index in [1.54, 1.807) is 0 Å². The molecule has 64 heavy (non-hydrogen) atoms. The van der Waals surface area contributed by atoms with Crippen molar-refractivity contribution in [2.45, 2.75) is 87.1 Å². The highest BCUT2D eigenvalue weighted by Crippen LogP contribution is 2.59. The summed E-state index contributed by atoms with van der Waals surface area (Å²) in [7, 11) is -5.86. The highest BCUT2D eigenvalue weighted by molar-refractivity contribution is 7.52. The summed E-state index contributed by atoms with van der Waals surface area (Å²) in [6, 6.07) is 19.4. The van der Waals surface area contributed by atoms with E-state index in [0.29, 0.717) is 58.5 Å². The van der Waals surface area contributed by atoms with Crippen LogP contribution in [0.4, 0.5) is 8.78 Å². The molecule has 0 unspecified atom stereocenters. The fourth-order valence-corrected chi connectivity index (χ4v) is 9.02. The Morgan fingerprint density at radius 3 is 2.25 bits per heavy atom. The van der Waals surface area contributed by atoms with E-state index in [1.165, 1.54) is 17.0 Å². The van der Waals surface area contributed by atoms with Crippen LogP contribution in [0.1, 0.15) is 84.5 Å². The first-order chi connectivity index (χ1) is 30.6. The standard InChI is InChI=1S/C45H56F2N7O9P/c46-45(47,64(60,61)62)32-13-15-35-31(25-32)26-37(50-35)42(57)52-38-28-53(21-8-24-63-23-7-20-48)22-19-33-14-17-39(54(33)44(38)59)43(58)51-36(16-18-41(49)56)40(55)27-34(29-9-3-1-4-10-29)30-11-5-2-6-12-30/h1-6,9-13,15,25-26,33-34,36,38-39,50H,7-8,14,16-24,27-28,48H2,(H2,49,56)(H,51,58)(H,52,57)(H2,60,61,62)/t33-,36+,38+,39+/m1/s1. The number of alkyl halides is 2. The number of hydrogen-bond acceptors (Lipinski definition) is 9. The van der Waals surface area contributed by atoms with E-state index in [0.717, 1.165) is 23.3 Å². The molecular formula is C45H56F2N7O9P. The van der Waals surface area contributed by atoms with Crippen LogP contribution in [0.25, 0.3) is 10.9 Å². The molecule has 19 heteroatoms. The lowest BCUT2D eigenvalue weighted by Crippen LogP contribution is -2.61. The highest BCUT2D eigenvalue weighted by atomic mass is 31.2. The van der Waals surface area contributed by atoms with Crippen LogP contribution >= 0.6 is 7.60 Å². The number of nitrogens with one attached hydrogen (secondary N) is 3. The number of amides is 4. The second-order valence-electron chi connectivity index (χ2n) is 16.4. The van der Waals surface area contributed by atoms with Gasteiger partial charge in [-0.05, 0) is 74.4 Å². The van der Waals surface area contributed by atoms with Crippen molar-refractivity contribution >= 4 is 47.9 Å². The Hall–Kier alpha value is -5.36. The minimum absolute atomic E-state index is 0.0108. The summed E-state index contributed by atoms with van der Waals surface area (Å²) < 4.78 is 46.3. The Morgan fingerprint density at radius 2 is 1.61 bits per heavy atom. The zero-order chi connectivity index (χ0) is 46.0. The number of hydrogen-bond donors (Lipinski definition) is 7. The van der Waals surface area contributed by atoms with Crippen LogP contribution in [0, 0.1) is 0 Å². The molecule has 2 aliphatic rings. The monoisotopic (exact) mass is 907 g/mol. The van der Waals surface area contributed by atoms with E-state index in [-0.39, 0.29) is 60.5 Å². The number of fused-ring (bicyclic) bond motifs is 2. The van der Waals surface area contributed by atoms with E-state index in [2.05, 4.69) is 15.6 Å². The van der Waals surface area contributed by atoms with Crippen LogP contribution in [0.3, 0.4) is 0 Å². The Bertz CT molecular complexity index is 2270. The third kappa shape index (κ3) is 11.9. The number of ether oxygens (including phenoxy) is 1. The molecule has 2 saturated heterocycles. The van der Waals surface area contributed by atoms with Gasteiger partial charge in [-0.1, -0.05) is 66.7 Å². The number of carbonyl (C=O) groups excluding carboxylic acids is 5. The molecule has 0 radical (unpaired) electrons. The predicted molar refractivity (Wildman–Crippen MR) is 234 cm³/mol. The number of primary amides is 1. The van der Waals surface area contributed by atoms with E-state index >= 15 is 0 Å². The van der Waals surface area contributed by atoms with Crippen LogP contribution in [-0.2, 0) is 34.1 Å². The van der Waals surface area contributed by atoms with Crippen LogP contribution in [0.2, 0.25) is 0 Å². The van der Waals surface area contributed by atoms with Gasteiger partial charge in [0.15, 0.2) is 5.78 Å². The molecule has 4 atom stereocenters. The van der Waals surface area contributed by atoms with Gasteiger partial charge in [0, 0.05) is 74.1 Å². The summed E-state index contributed by atoms with van der Waals surface area (Å²) in [5.74, 6) is -3.18. The lowest BCUT2D eigenvalue weighted by molar-refractivity contribution is -0.144. The number of halogens is 2. The van der Waals surface area contributed by atoms with Crippen molar-refractivity contribution in [2.75, 3.05) is 39.4 Å². The van der Waals surface area contributed by atoms with Gasteiger partial charge in [-0.15, -0.1) is 0 Å². The summed E-state index contributed by atoms with van der Waals surface area (Å²) in [6.07, 6.45) is 2.39. The van der Waals surface area contributed by atoms with Crippen molar-refractivity contribution in [3.05, 3.63) is 107 Å². The summed E-state index contributed by atoms with van der Waals surface area (Å²) in [4.78, 5) is 94.1. The van der Waals surface area contributed by atoms with E-state index < -0.39 is 66.6 Å². The quantitative estimate of drug-likeness (QED) is 0.0467. The lowest BCUT2D eigenvalue weighted by Gasteiger charge is -2.39. The minimum Gasteiger partial charge on any atom is -0.381 e. The summed E-state index contributed by atoms with van der Waals surface area (Å²) >= 11 is 0. The maximum atomic E-state index is 14.7. The molecule has 2 fully saturated rings. The van der Waals surface area contributed by atoms with Crippen molar-refractivity contribution < 1.29 is 51.8 Å². The Labute approximate surface area is 369 Å².